The fraction of sp³-hybridized carbons (Fsp3) is 0.791. The van der Waals surface area contributed by atoms with Crippen LogP contribution in [-0.4, -0.2) is 149 Å². The third kappa shape index (κ3) is 16.3. The van der Waals surface area contributed by atoms with Crippen LogP contribution in [0.1, 0.15) is 115 Å². The van der Waals surface area contributed by atoms with Gasteiger partial charge in [0.2, 0.25) is 41.4 Å². The predicted octanol–water partition coefficient (Wildman–Crippen LogP) is 3.28. The Labute approximate surface area is 349 Å². The van der Waals surface area contributed by atoms with Gasteiger partial charge in [-0.1, -0.05) is 81.4 Å². The van der Waals surface area contributed by atoms with Gasteiger partial charge in [0.1, 0.15) is 30.2 Å². The minimum absolute atomic E-state index is 0.0599. The highest BCUT2D eigenvalue weighted by atomic mass is 16.3. The maximum absolute atomic E-state index is 14.6. The normalized spacial score (nSPS) is 15.4. The quantitative estimate of drug-likeness (QED) is 0.117. The molecule has 7 atom stereocenters. The van der Waals surface area contributed by atoms with Crippen molar-refractivity contribution in [1.82, 2.24) is 29.8 Å². The van der Waals surface area contributed by atoms with Crippen molar-refractivity contribution >= 4 is 41.4 Å². The van der Waals surface area contributed by atoms with Crippen LogP contribution in [0.15, 0.2) is 12.2 Å². The Balaban J connectivity index is 6.72. The highest BCUT2D eigenvalue weighted by Gasteiger charge is 2.43. The molecule has 0 aliphatic carbocycles. The molecule has 0 rings (SSSR count). The molecule has 15 nitrogen and oxygen atoms in total. The monoisotopic (exact) mass is 822 g/mol. The molecular formula is C43H79N7O8. The molecule has 0 fully saturated rings. The molecule has 0 saturated heterocycles. The molecule has 4 N–H and O–H groups in total. The summed E-state index contributed by atoms with van der Waals surface area (Å²) in [5.41, 5.74) is 5.58. The number of hydrogen-bond donors (Lipinski definition) is 3. The highest BCUT2D eigenvalue weighted by Crippen LogP contribution is 2.23. The molecule has 0 aromatic heterocycles. The van der Waals surface area contributed by atoms with Crippen molar-refractivity contribution in [3.63, 3.8) is 0 Å². The summed E-state index contributed by atoms with van der Waals surface area (Å²) >= 11 is 0. The summed E-state index contributed by atoms with van der Waals surface area (Å²) in [5.74, 6) is -4.22. The number of hydrogen-bond acceptors (Lipinski definition) is 8. The molecule has 0 spiro atoms. The Morgan fingerprint density at radius 1 is 0.672 bits per heavy atom. The number of nitrogens with two attached hydrogens (primary N) is 1. The van der Waals surface area contributed by atoms with Gasteiger partial charge in [0, 0.05) is 41.7 Å². The number of nitrogens with one attached hydrogen (secondary N) is 1. The molecule has 0 bridgehead atoms. The largest absolute Gasteiger partial charge is 0.390 e. The van der Waals surface area contributed by atoms with Crippen molar-refractivity contribution < 1.29 is 38.7 Å². The number of likely N-dealkylation sites (N-methyl/N-ethyl adjacent to an activating group) is 5. The maximum Gasteiger partial charge on any atom is 0.246 e. The van der Waals surface area contributed by atoms with Gasteiger partial charge in [0.05, 0.1) is 12.6 Å². The second-order valence-corrected chi connectivity index (χ2v) is 17.6. The van der Waals surface area contributed by atoms with E-state index < -0.39 is 83.6 Å². The number of nitrogens with zero attached hydrogens (tertiary/aromatic N) is 5. The minimum Gasteiger partial charge on any atom is -0.390 e. The number of aliphatic hydroxyl groups excluding tert-OH is 1. The molecular weight excluding hydrogens is 743 g/mol. The van der Waals surface area contributed by atoms with E-state index in [1.54, 1.807) is 34.7 Å². The highest BCUT2D eigenvalue weighted by molar-refractivity contribution is 5.96. The predicted molar refractivity (Wildman–Crippen MR) is 228 cm³/mol. The van der Waals surface area contributed by atoms with Gasteiger partial charge in [-0.25, -0.2) is 0 Å². The van der Waals surface area contributed by atoms with Gasteiger partial charge >= 0.3 is 0 Å². The molecule has 0 heterocycles. The first-order chi connectivity index (χ1) is 26.8. The van der Waals surface area contributed by atoms with E-state index in [1.165, 1.54) is 42.9 Å². The van der Waals surface area contributed by atoms with Crippen LogP contribution >= 0.6 is 0 Å². The molecule has 0 aliphatic rings. The lowest BCUT2D eigenvalue weighted by molar-refractivity contribution is -0.156. The first kappa shape index (κ1) is 54.0. The Morgan fingerprint density at radius 2 is 1.17 bits per heavy atom. The van der Waals surface area contributed by atoms with Crippen LogP contribution in [0.3, 0.4) is 0 Å². The number of aliphatic hydroxyl groups is 1. The molecule has 334 valence electrons. The van der Waals surface area contributed by atoms with E-state index in [9.17, 15) is 38.7 Å². The number of carbonyl (C=O) groups excluding carboxylic acids is 7. The topological polar surface area (TPSA) is 194 Å². The van der Waals surface area contributed by atoms with Gasteiger partial charge < -0.3 is 40.7 Å². The smallest absolute Gasteiger partial charge is 0.246 e. The lowest BCUT2D eigenvalue weighted by atomic mass is 9.91. The average Bonchev–Trinajstić information content (AvgIpc) is 3.14. The molecule has 58 heavy (non-hydrogen) atoms. The number of carbonyl (C=O) groups is 7. The summed E-state index contributed by atoms with van der Waals surface area (Å²) < 4.78 is 0. The van der Waals surface area contributed by atoms with Gasteiger partial charge in [-0.15, -0.1) is 0 Å². The van der Waals surface area contributed by atoms with E-state index in [-0.39, 0.29) is 37.1 Å². The molecule has 7 amide bonds. The van der Waals surface area contributed by atoms with Gasteiger partial charge in [0.25, 0.3) is 0 Å². The van der Waals surface area contributed by atoms with Crippen LogP contribution in [-0.2, 0) is 33.6 Å². The van der Waals surface area contributed by atoms with E-state index >= 15 is 0 Å². The molecule has 15 heteroatoms. The molecule has 0 radical (unpaired) electrons. The van der Waals surface area contributed by atoms with E-state index in [0.29, 0.717) is 31.6 Å². The van der Waals surface area contributed by atoms with Crippen LogP contribution in [0.25, 0.3) is 0 Å². The van der Waals surface area contributed by atoms with Crippen molar-refractivity contribution in [2.75, 3.05) is 41.8 Å². The van der Waals surface area contributed by atoms with Crippen molar-refractivity contribution in [3.05, 3.63) is 12.2 Å². The lowest BCUT2D eigenvalue weighted by Gasteiger charge is -2.41. The van der Waals surface area contributed by atoms with E-state index in [2.05, 4.69) is 5.32 Å². The fourth-order valence-electron chi connectivity index (χ4n) is 6.95. The zero-order valence-corrected chi connectivity index (χ0v) is 38.6. The summed E-state index contributed by atoms with van der Waals surface area (Å²) in [6.45, 7) is 20.2. The Hall–Kier alpha value is -4.01. The average molecular weight is 822 g/mol. The second kappa shape index (κ2) is 25.5. The van der Waals surface area contributed by atoms with E-state index in [0.717, 1.165) is 9.80 Å². The standard InChI is InChI=1S/C43H79N7O8/c1-17-19-20-30(11)38(53)37(40(55)45-31(18-2)41(56)46(12)25-35(52)47(13)32(39(44)54)23-27(5)6)50(16)43(58)36(29(9)10)49(15)42(57)33(24-28(7)8)48(14)34(51)22-21-26(3)4/h17,19,26-33,36-38,53H,18,20-25H2,1-16H3,(H2,44,54)(H,45,55)/b19-17+/t30-,31+,32+,33+,36+,37+,38-/m1/s1. The van der Waals surface area contributed by atoms with Crippen molar-refractivity contribution in [2.24, 2.45) is 35.3 Å². The third-order valence-electron chi connectivity index (χ3n) is 10.8. The van der Waals surface area contributed by atoms with Gasteiger partial charge in [-0.3, -0.25) is 33.6 Å². The van der Waals surface area contributed by atoms with E-state index in [1.807, 2.05) is 60.6 Å². The first-order valence-corrected chi connectivity index (χ1v) is 20.9. The summed E-state index contributed by atoms with van der Waals surface area (Å²) in [6.07, 6.45) is 4.46. The number of primary amides is 1. The van der Waals surface area contributed by atoms with Crippen LogP contribution in [0.4, 0.5) is 0 Å². The molecule has 0 unspecified atom stereocenters. The summed E-state index contributed by atoms with van der Waals surface area (Å²) in [6, 6.07) is -5.37. The maximum atomic E-state index is 14.6. The van der Waals surface area contributed by atoms with Crippen molar-refractivity contribution in [2.45, 2.75) is 151 Å². The van der Waals surface area contributed by atoms with Gasteiger partial charge in [0.15, 0.2) is 0 Å². The Morgan fingerprint density at radius 3 is 1.62 bits per heavy atom. The first-order valence-electron chi connectivity index (χ1n) is 20.9. The molecule has 0 aromatic carbocycles. The third-order valence-corrected chi connectivity index (χ3v) is 10.8. The number of amides is 7. The Bertz CT molecular complexity index is 1400. The summed E-state index contributed by atoms with van der Waals surface area (Å²) in [4.78, 5) is 102. The van der Waals surface area contributed by atoms with Crippen LogP contribution in [0, 0.1) is 29.6 Å². The fourth-order valence-corrected chi connectivity index (χ4v) is 6.95. The van der Waals surface area contributed by atoms with Gasteiger partial charge in [-0.2, -0.15) is 0 Å². The minimum atomic E-state index is -1.48. The lowest BCUT2D eigenvalue weighted by Crippen LogP contribution is -2.63. The molecule has 0 saturated carbocycles. The Kier molecular flexibility index (Phi) is 23.7. The van der Waals surface area contributed by atoms with E-state index in [4.69, 9.17) is 5.73 Å². The SMILES string of the molecule is C/C=C/C[C@@H](C)[C@@H](O)[C@@H](C(=O)N[C@@H](CC)C(=O)N(C)CC(=O)N(C)[C@@H](CC(C)C)C(N)=O)N(C)C(=O)[C@H](C(C)C)N(C)C(=O)[C@H](CC(C)C)N(C)C(=O)CCC(C)C. The zero-order chi connectivity index (χ0) is 45.4. The summed E-state index contributed by atoms with van der Waals surface area (Å²) in [7, 11) is 7.40. The number of rotatable bonds is 25. The van der Waals surface area contributed by atoms with Crippen molar-refractivity contribution in [3.8, 4) is 0 Å². The molecule has 0 aliphatic heterocycles. The molecule has 0 aromatic rings. The summed E-state index contributed by atoms with van der Waals surface area (Å²) in [5, 5.41) is 14.5. The van der Waals surface area contributed by atoms with Crippen LogP contribution < -0.4 is 11.1 Å². The van der Waals surface area contributed by atoms with Crippen LogP contribution in [0.2, 0.25) is 0 Å². The van der Waals surface area contributed by atoms with Gasteiger partial charge in [-0.05, 0) is 68.6 Å². The second-order valence-electron chi connectivity index (χ2n) is 17.6. The van der Waals surface area contributed by atoms with Crippen molar-refractivity contribution in [1.29, 1.82) is 0 Å². The van der Waals surface area contributed by atoms with Crippen LogP contribution in [0.5, 0.6) is 0 Å². The number of allylic oxidation sites excluding steroid dienone is 2. The zero-order valence-electron chi connectivity index (χ0n) is 38.6.